The molecule has 1 rings (SSSR count). The van der Waals surface area contributed by atoms with Gasteiger partial charge in [0.2, 0.25) is 0 Å². The molecule has 342 valence electrons. The van der Waals surface area contributed by atoms with Gasteiger partial charge < -0.3 is 39.9 Å². The summed E-state index contributed by atoms with van der Waals surface area (Å²) < 4.78 is 33.4. The van der Waals surface area contributed by atoms with Crippen LogP contribution in [-0.2, 0) is 32.7 Å². The standard InChI is InChI=1S/C44H83O13P/c1-3-5-7-9-11-13-15-16-17-18-19-20-21-22-23-25-26-28-30-32-37(45)54-34-36(56-38(46)33-31-29-27-24-14-12-10-8-6-4-2)35-55-58(52,53)57-44-42(50)40(48)39(47)41(49)43(44)51/h8,10,36,39-44,47-51H,3-7,9,11-35H2,1-2H3,(H,52,53)/b10-8-. The third-order valence-corrected chi connectivity index (χ3v) is 11.8. The first-order chi connectivity index (χ1) is 27.9. The van der Waals surface area contributed by atoms with E-state index >= 15 is 0 Å². The lowest BCUT2D eigenvalue weighted by molar-refractivity contribution is -0.220. The van der Waals surface area contributed by atoms with Gasteiger partial charge in [0.15, 0.2) is 6.10 Å². The van der Waals surface area contributed by atoms with Crippen molar-refractivity contribution in [2.24, 2.45) is 0 Å². The molecule has 1 aliphatic carbocycles. The highest BCUT2D eigenvalue weighted by Crippen LogP contribution is 2.47. The minimum Gasteiger partial charge on any atom is -0.462 e. The number of rotatable bonds is 38. The number of phosphoric acid groups is 1. The molecule has 0 radical (unpaired) electrons. The van der Waals surface area contributed by atoms with Crippen LogP contribution in [0, 0.1) is 0 Å². The summed E-state index contributed by atoms with van der Waals surface area (Å²) in [5, 5.41) is 50.0. The maximum Gasteiger partial charge on any atom is 0.472 e. The molecule has 0 aromatic rings. The van der Waals surface area contributed by atoms with E-state index in [0.29, 0.717) is 12.8 Å². The summed E-state index contributed by atoms with van der Waals surface area (Å²) >= 11 is 0. The monoisotopic (exact) mass is 851 g/mol. The summed E-state index contributed by atoms with van der Waals surface area (Å²) in [7, 11) is -5.11. The number of aliphatic hydroxyl groups is 5. The van der Waals surface area contributed by atoms with Crippen LogP contribution < -0.4 is 0 Å². The lowest BCUT2D eigenvalue weighted by Crippen LogP contribution is -2.64. The third kappa shape index (κ3) is 27.4. The maximum absolute atomic E-state index is 12.8. The topological polar surface area (TPSA) is 210 Å². The van der Waals surface area contributed by atoms with Gasteiger partial charge in [-0.25, -0.2) is 4.57 Å². The average Bonchev–Trinajstić information content (AvgIpc) is 3.20. The Kier molecular flexibility index (Phi) is 33.2. The zero-order valence-electron chi connectivity index (χ0n) is 36.1. The summed E-state index contributed by atoms with van der Waals surface area (Å²) in [6.45, 7) is 3.23. The van der Waals surface area contributed by atoms with Crippen LogP contribution in [0.2, 0.25) is 0 Å². The summed E-state index contributed by atoms with van der Waals surface area (Å²) in [4.78, 5) is 35.6. The Morgan fingerprint density at radius 3 is 1.38 bits per heavy atom. The molecule has 6 N–H and O–H groups in total. The van der Waals surface area contributed by atoms with Gasteiger partial charge in [0.25, 0.3) is 0 Å². The van der Waals surface area contributed by atoms with Gasteiger partial charge in [-0.1, -0.05) is 167 Å². The minimum absolute atomic E-state index is 0.0893. The molecular formula is C44H83O13P. The second-order valence-electron chi connectivity index (χ2n) is 16.3. The molecule has 13 nitrogen and oxygen atoms in total. The fraction of sp³-hybridized carbons (Fsp3) is 0.909. The van der Waals surface area contributed by atoms with Crippen molar-refractivity contribution >= 4 is 19.8 Å². The van der Waals surface area contributed by atoms with Gasteiger partial charge in [-0.15, -0.1) is 0 Å². The first-order valence-corrected chi connectivity index (χ1v) is 24.5. The number of hydrogen-bond acceptors (Lipinski definition) is 12. The molecule has 58 heavy (non-hydrogen) atoms. The second-order valence-corrected chi connectivity index (χ2v) is 17.7. The van der Waals surface area contributed by atoms with Crippen LogP contribution in [0.1, 0.15) is 200 Å². The van der Waals surface area contributed by atoms with Crippen molar-refractivity contribution in [1.82, 2.24) is 0 Å². The highest BCUT2D eigenvalue weighted by molar-refractivity contribution is 7.47. The normalized spacial score (nSPS) is 22.6. The molecule has 0 aromatic heterocycles. The first-order valence-electron chi connectivity index (χ1n) is 23.0. The molecule has 6 unspecified atom stereocenters. The molecule has 0 saturated heterocycles. The third-order valence-electron chi connectivity index (χ3n) is 10.8. The number of aliphatic hydroxyl groups excluding tert-OH is 5. The average molecular weight is 851 g/mol. The Bertz CT molecular complexity index is 1080. The Morgan fingerprint density at radius 2 is 0.914 bits per heavy atom. The van der Waals surface area contributed by atoms with Crippen LogP contribution >= 0.6 is 7.82 Å². The summed E-state index contributed by atoms with van der Waals surface area (Å²) in [5.41, 5.74) is 0. The van der Waals surface area contributed by atoms with E-state index in [1.165, 1.54) is 96.3 Å². The molecule has 1 aliphatic rings. The molecule has 0 spiro atoms. The smallest absolute Gasteiger partial charge is 0.462 e. The van der Waals surface area contributed by atoms with Crippen LogP contribution in [0.4, 0.5) is 0 Å². The van der Waals surface area contributed by atoms with Crippen LogP contribution in [-0.4, -0.2) is 98.3 Å². The largest absolute Gasteiger partial charge is 0.472 e. The second kappa shape index (κ2) is 35.2. The summed E-state index contributed by atoms with van der Waals surface area (Å²) in [6, 6.07) is 0. The maximum atomic E-state index is 12.8. The number of unbranched alkanes of at least 4 members (excludes halogenated alkanes) is 24. The molecule has 0 aliphatic heterocycles. The molecular weight excluding hydrogens is 767 g/mol. The molecule has 14 heteroatoms. The Labute approximate surface area is 350 Å². The first kappa shape index (κ1) is 54.6. The summed E-state index contributed by atoms with van der Waals surface area (Å²) in [5.74, 6) is -1.10. The van der Waals surface area contributed by atoms with Crippen molar-refractivity contribution in [2.45, 2.75) is 243 Å². The quantitative estimate of drug-likeness (QED) is 0.0149. The number of allylic oxidation sites excluding steroid dienone is 2. The van der Waals surface area contributed by atoms with Crippen LogP contribution in [0.25, 0.3) is 0 Å². The van der Waals surface area contributed by atoms with E-state index in [9.17, 15) is 44.6 Å². The zero-order chi connectivity index (χ0) is 42.9. The van der Waals surface area contributed by atoms with Crippen molar-refractivity contribution in [1.29, 1.82) is 0 Å². The number of carbonyl (C=O) groups is 2. The van der Waals surface area contributed by atoms with Crippen molar-refractivity contribution in [3.8, 4) is 0 Å². The molecule has 0 amide bonds. The van der Waals surface area contributed by atoms with E-state index in [1.54, 1.807) is 0 Å². The van der Waals surface area contributed by atoms with Crippen molar-refractivity contribution in [3.63, 3.8) is 0 Å². The fourth-order valence-corrected chi connectivity index (χ4v) is 8.09. The molecule has 0 heterocycles. The number of hydrogen-bond donors (Lipinski definition) is 6. The van der Waals surface area contributed by atoms with Gasteiger partial charge in [0, 0.05) is 12.8 Å². The van der Waals surface area contributed by atoms with Gasteiger partial charge in [0.1, 0.15) is 43.2 Å². The minimum atomic E-state index is -5.11. The van der Waals surface area contributed by atoms with Crippen molar-refractivity contribution < 1.29 is 63.1 Å². The van der Waals surface area contributed by atoms with Gasteiger partial charge in [0.05, 0.1) is 6.61 Å². The number of phosphoric ester groups is 1. The molecule has 1 fully saturated rings. The van der Waals surface area contributed by atoms with Crippen LogP contribution in [0.15, 0.2) is 12.2 Å². The van der Waals surface area contributed by atoms with Crippen LogP contribution in [0.5, 0.6) is 0 Å². The predicted molar refractivity (Wildman–Crippen MR) is 226 cm³/mol. The van der Waals surface area contributed by atoms with Crippen LogP contribution in [0.3, 0.4) is 0 Å². The Hall–Kier alpha value is -1.41. The number of esters is 2. The van der Waals surface area contributed by atoms with Crippen molar-refractivity contribution in [3.05, 3.63) is 12.2 Å². The number of ether oxygens (including phenoxy) is 2. The summed E-state index contributed by atoms with van der Waals surface area (Å²) in [6.07, 6.45) is 22.9. The predicted octanol–water partition coefficient (Wildman–Crippen LogP) is 8.67. The highest BCUT2D eigenvalue weighted by Gasteiger charge is 2.51. The SMILES string of the molecule is CCC/C=C\CCCCCCCC(=O)OC(COC(=O)CCCCCCCCCCCCCCCCCCCCC)COP(=O)(O)OC1C(O)C(O)C(O)C(O)C1O. The van der Waals surface area contributed by atoms with Gasteiger partial charge in [-0.3, -0.25) is 18.6 Å². The Balaban J connectivity index is 2.39. The van der Waals surface area contributed by atoms with Crippen molar-refractivity contribution in [2.75, 3.05) is 13.2 Å². The highest BCUT2D eigenvalue weighted by atomic mass is 31.2. The molecule has 6 atom stereocenters. The van der Waals surface area contributed by atoms with E-state index in [-0.39, 0.29) is 12.8 Å². The van der Waals surface area contributed by atoms with E-state index in [4.69, 9.17) is 18.5 Å². The molecule has 1 saturated carbocycles. The van der Waals surface area contributed by atoms with E-state index < -0.39 is 75.7 Å². The van der Waals surface area contributed by atoms with E-state index in [0.717, 1.165) is 64.2 Å². The van der Waals surface area contributed by atoms with Gasteiger partial charge in [-0.05, 0) is 32.1 Å². The molecule has 0 bridgehead atoms. The number of carbonyl (C=O) groups excluding carboxylic acids is 2. The Morgan fingerprint density at radius 1 is 0.517 bits per heavy atom. The fourth-order valence-electron chi connectivity index (χ4n) is 7.11. The molecule has 0 aromatic carbocycles. The van der Waals surface area contributed by atoms with E-state index in [1.807, 2.05) is 0 Å². The lowest BCUT2D eigenvalue weighted by Gasteiger charge is -2.41. The van der Waals surface area contributed by atoms with Gasteiger partial charge >= 0.3 is 19.8 Å². The van der Waals surface area contributed by atoms with E-state index in [2.05, 4.69) is 26.0 Å². The van der Waals surface area contributed by atoms with Gasteiger partial charge in [-0.2, -0.15) is 0 Å². The zero-order valence-corrected chi connectivity index (χ0v) is 37.0. The lowest BCUT2D eigenvalue weighted by atomic mass is 9.85.